The molecule has 3 heteroatoms. The van der Waals surface area contributed by atoms with Gasteiger partial charge in [-0.25, -0.2) is 4.39 Å². The summed E-state index contributed by atoms with van der Waals surface area (Å²) in [4.78, 5) is 0. The first-order valence-corrected chi connectivity index (χ1v) is 5.66. The second-order valence-electron chi connectivity index (χ2n) is 4.13. The van der Waals surface area contributed by atoms with E-state index in [1.165, 1.54) is 6.07 Å². The third-order valence-corrected chi connectivity index (χ3v) is 2.94. The third-order valence-electron chi connectivity index (χ3n) is 2.94. The van der Waals surface area contributed by atoms with E-state index in [-0.39, 0.29) is 11.9 Å². The number of nitrogens with one attached hydrogen (secondary N) is 1. The Labute approximate surface area is 100 Å². The average molecular weight is 233 g/mol. The Morgan fingerprint density at radius 3 is 2.76 bits per heavy atom. The molecule has 1 atom stereocenters. The summed E-state index contributed by atoms with van der Waals surface area (Å²) >= 11 is 0. The van der Waals surface area contributed by atoms with Crippen LogP contribution in [0.5, 0.6) is 0 Å². The van der Waals surface area contributed by atoms with Crippen LogP contribution >= 0.6 is 0 Å². The zero-order valence-electron chi connectivity index (χ0n) is 10.0. The molecule has 0 saturated carbocycles. The Hall–Kier alpha value is -1.61. The minimum absolute atomic E-state index is 0.141. The number of hydrogen-bond acceptors (Lipinski definition) is 2. The second kappa shape index (κ2) is 5.15. The van der Waals surface area contributed by atoms with Gasteiger partial charge in [-0.2, -0.15) is 0 Å². The molecule has 0 amide bonds. The van der Waals surface area contributed by atoms with Gasteiger partial charge < -0.3 is 9.73 Å². The van der Waals surface area contributed by atoms with Crippen LogP contribution in [-0.4, -0.2) is 7.05 Å². The molecular formula is C14H16FNO. The van der Waals surface area contributed by atoms with E-state index in [1.54, 1.807) is 12.3 Å². The number of hydrogen-bond donors (Lipinski definition) is 1. The number of aryl methyl sites for hydroxylation is 1. The van der Waals surface area contributed by atoms with E-state index < -0.39 is 0 Å². The van der Waals surface area contributed by atoms with E-state index in [2.05, 4.69) is 5.32 Å². The number of benzene rings is 1. The van der Waals surface area contributed by atoms with Gasteiger partial charge in [0.05, 0.1) is 6.26 Å². The molecule has 0 aliphatic heterocycles. The van der Waals surface area contributed by atoms with E-state index in [0.29, 0.717) is 0 Å². The van der Waals surface area contributed by atoms with Gasteiger partial charge >= 0.3 is 0 Å². The fourth-order valence-corrected chi connectivity index (χ4v) is 2.03. The van der Waals surface area contributed by atoms with Crippen molar-refractivity contribution in [2.75, 3.05) is 7.05 Å². The van der Waals surface area contributed by atoms with Crippen molar-refractivity contribution < 1.29 is 8.81 Å². The summed E-state index contributed by atoms with van der Waals surface area (Å²) in [6.45, 7) is 1.92. The number of furan rings is 1. The summed E-state index contributed by atoms with van der Waals surface area (Å²) in [6.07, 6.45) is 2.43. The van der Waals surface area contributed by atoms with Crippen LogP contribution in [0.2, 0.25) is 0 Å². The minimum atomic E-state index is -0.195. The SMILES string of the molecule is CNC(Cc1ccco1)c1ccc(F)cc1C. The summed E-state index contributed by atoms with van der Waals surface area (Å²) in [5.74, 6) is 0.729. The van der Waals surface area contributed by atoms with Gasteiger partial charge in [-0.05, 0) is 49.4 Å². The van der Waals surface area contributed by atoms with E-state index >= 15 is 0 Å². The summed E-state index contributed by atoms with van der Waals surface area (Å²) < 4.78 is 18.4. The van der Waals surface area contributed by atoms with Crippen LogP contribution in [0.1, 0.15) is 22.9 Å². The summed E-state index contributed by atoms with van der Waals surface area (Å²) in [6, 6.07) is 8.84. The normalized spacial score (nSPS) is 12.6. The van der Waals surface area contributed by atoms with Crippen LogP contribution in [0.4, 0.5) is 4.39 Å². The monoisotopic (exact) mass is 233 g/mol. The first kappa shape index (κ1) is 11.9. The Kier molecular flexibility index (Phi) is 3.59. The maximum Gasteiger partial charge on any atom is 0.123 e. The van der Waals surface area contributed by atoms with Gasteiger partial charge in [0, 0.05) is 12.5 Å². The molecule has 1 heterocycles. The number of halogens is 1. The largest absolute Gasteiger partial charge is 0.469 e. The fourth-order valence-electron chi connectivity index (χ4n) is 2.03. The Bertz CT molecular complexity index is 479. The van der Waals surface area contributed by atoms with Crippen molar-refractivity contribution in [2.45, 2.75) is 19.4 Å². The van der Waals surface area contributed by atoms with Crippen molar-refractivity contribution in [1.82, 2.24) is 5.32 Å². The molecule has 1 aromatic heterocycles. The maximum absolute atomic E-state index is 13.1. The summed E-state index contributed by atoms with van der Waals surface area (Å²) in [5.41, 5.74) is 2.06. The van der Waals surface area contributed by atoms with Crippen molar-refractivity contribution in [3.8, 4) is 0 Å². The van der Waals surface area contributed by atoms with Crippen molar-refractivity contribution >= 4 is 0 Å². The molecular weight excluding hydrogens is 217 g/mol. The second-order valence-corrected chi connectivity index (χ2v) is 4.13. The molecule has 0 fully saturated rings. The lowest BCUT2D eigenvalue weighted by atomic mass is 9.98. The molecule has 0 aliphatic carbocycles. The molecule has 1 aromatic carbocycles. The fraction of sp³-hybridized carbons (Fsp3) is 0.286. The lowest BCUT2D eigenvalue weighted by molar-refractivity contribution is 0.465. The highest BCUT2D eigenvalue weighted by Gasteiger charge is 2.14. The van der Waals surface area contributed by atoms with Crippen LogP contribution in [0.15, 0.2) is 41.0 Å². The molecule has 0 spiro atoms. The van der Waals surface area contributed by atoms with Crippen molar-refractivity contribution in [3.05, 3.63) is 59.3 Å². The first-order chi connectivity index (χ1) is 8.20. The first-order valence-electron chi connectivity index (χ1n) is 5.66. The topological polar surface area (TPSA) is 25.2 Å². The van der Waals surface area contributed by atoms with Crippen molar-refractivity contribution in [3.63, 3.8) is 0 Å². The molecule has 1 N–H and O–H groups in total. The average Bonchev–Trinajstić information content (AvgIpc) is 2.79. The van der Waals surface area contributed by atoms with Crippen molar-refractivity contribution in [1.29, 1.82) is 0 Å². The zero-order chi connectivity index (χ0) is 12.3. The van der Waals surface area contributed by atoms with Gasteiger partial charge in [0.15, 0.2) is 0 Å². The zero-order valence-corrected chi connectivity index (χ0v) is 10.0. The highest BCUT2D eigenvalue weighted by molar-refractivity contribution is 5.30. The van der Waals surface area contributed by atoms with Crippen LogP contribution in [0, 0.1) is 12.7 Å². The van der Waals surface area contributed by atoms with E-state index in [9.17, 15) is 4.39 Å². The summed E-state index contributed by atoms with van der Waals surface area (Å²) in [5, 5.41) is 3.23. The molecule has 90 valence electrons. The molecule has 17 heavy (non-hydrogen) atoms. The van der Waals surface area contributed by atoms with Gasteiger partial charge in [-0.3, -0.25) is 0 Å². The summed E-state index contributed by atoms with van der Waals surface area (Å²) in [7, 11) is 1.90. The van der Waals surface area contributed by atoms with Crippen LogP contribution in [0.3, 0.4) is 0 Å². The van der Waals surface area contributed by atoms with E-state index in [4.69, 9.17) is 4.42 Å². The molecule has 1 unspecified atom stereocenters. The van der Waals surface area contributed by atoms with E-state index in [0.717, 1.165) is 23.3 Å². The van der Waals surface area contributed by atoms with Gasteiger partial charge in [0.25, 0.3) is 0 Å². The smallest absolute Gasteiger partial charge is 0.123 e. The minimum Gasteiger partial charge on any atom is -0.469 e. The number of likely N-dealkylation sites (N-methyl/N-ethyl adjacent to an activating group) is 1. The predicted molar refractivity (Wildman–Crippen MR) is 65.3 cm³/mol. The quantitative estimate of drug-likeness (QED) is 0.877. The molecule has 2 rings (SSSR count). The third kappa shape index (κ3) is 2.74. The van der Waals surface area contributed by atoms with E-state index in [1.807, 2.05) is 32.2 Å². The van der Waals surface area contributed by atoms with Crippen LogP contribution in [0.25, 0.3) is 0 Å². The van der Waals surface area contributed by atoms with Gasteiger partial charge in [-0.1, -0.05) is 6.07 Å². The van der Waals surface area contributed by atoms with Crippen LogP contribution in [-0.2, 0) is 6.42 Å². The lowest BCUT2D eigenvalue weighted by Gasteiger charge is -2.17. The molecule has 0 aliphatic rings. The standard InChI is InChI=1S/C14H16FNO/c1-10-8-11(15)5-6-13(10)14(16-2)9-12-4-3-7-17-12/h3-8,14,16H,9H2,1-2H3. The van der Waals surface area contributed by atoms with Crippen molar-refractivity contribution in [2.24, 2.45) is 0 Å². The Morgan fingerprint density at radius 1 is 1.35 bits per heavy atom. The Balaban J connectivity index is 2.23. The molecule has 2 nitrogen and oxygen atoms in total. The predicted octanol–water partition coefficient (Wildman–Crippen LogP) is 3.23. The lowest BCUT2D eigenvalue weighted by Crippen LogP contribution is -2.19. The van der Waals surface area contributed by atoms with Gasteiger partial charge in [0.2, 0.25) is 0 Å². The number of rotatable bonds is 4. The van der Waals surface area contributed by atoms with Gasteiger partial charge in [0.1, 0.15) is 11.6 Å². The highest BCUT2D eigenvalue weighted by atomic mass is 19.1. The Morgan fingerprint density at radius 2 is 2.18 bits per heavy atom. The maximum atomic E-state index is 13.1. The molecule has 0 bridgehead atoms. The van der Waals surface area contributed by atoms with Gasteiger partial charge in [-0.15, -0.1) is 0 Å². The highest BCUT2D eigenvalue weighted by Crippen LogP contribution is 2.22. The molecule has 0 saturated heterocycles. The van der Waals surface area contributed by atoms with Crippen LogP contribution < -0.4 is 5.32 Å². The molecule has 0 radical (unpaired) electrons. The molecule has 2 aromatic rings.